The van der Waals surface area contributed by atoms with Gasteiger partial charge >= 0.3 is 6.03 Å². The molecule has 2 aromatic carbocycles. The molecule has 2 aromatic rings. The maximum atomic E-state index is 13.4. The summed E-state index contributed by atoms with van der Waals surface area (Å²) in [4.78, 5) is 46.3. The zero-order chi connectivity index (χ0) is 23.1. The Kier molecular flexibility index (Phi) is 5.46. The Labute approximate surface area is 197 Å². The van der Waals surface area contributed by atoms with Crippen molar-refractivity contribution in [2.75, 3.05) is 43.0 Å². The van der Waals surface area contributed by atoms with E-state index in [0.29, 0.717) is 42.5 Å². The van der Waals surface area contributed by atoms with E-state index in [1.165, 1.54) is 0 Å². The van der Waals surface area contributed by atoms with Crippen LogP contribution in [0.15, 0.2) is 66.4 Å². The van der Waals surface area contributed by atoms with E-state index in [9.17, 15) is 14.4 Å². The number of hydrogen-bond donors (Lipinski definition) is 1. The van der Waals surface area contributed by atoms with Gasteiger partial charge in [-0.3, -0.25) is 9.59 Å². The Bertz CT molecular complexity index is 1130. The first-order valence-electron chi connectivity index (χ1n) is 10.9. The quantitative estimate of drug-likeness (QED) is 0.752. The highest BCUT2D eigenvalue weighted by Crippen LogP contribution is 2.30. The summed E-state index contributed by atoms with van der Waals surface area (Å²) < 4.78 is 0. The molecule has 2 atom stereocenters. The van der Waals surface area contributed by atoms with E-state index in [-0.39, 0.29) is 11.8 Å². The molecule has 3 aliphatic rings. The zero-order valence-corrected chi connectivity index (χ0v) is 18.9. The second-order valence-corrected chi connectivity index (χ2v) is 8.83. The van der Waals surface area contributed by atoms with Gasteiger partial charge in [0.25, 0.3) is 11.8 Å². The number of nitrogens with zero attached hydrogens (tertiary/aromatic N) is 4. The molecule has 3 heterocycles. The van der Waals surface area contributed by atoms with Crippen LogP contribution in [-0.2, 0) is 9.59 Å². The van der Waals surface area contributed by atoms with Crippen LogP contribution in [0.2, 0.25) is 5.02 Å². The Morgan fingerprint density at radius 3 is 2.36 bits per heavy atom. The van der Waals surface area contributed by atoms with Crippen molar-refractivity contribution in [2.45, 2.75) is 12.1 Å². The SMILES string of the molecule is CN1C=C(C(=O)N2CCN(c3cccc(Cl)c3)CC2)C2NC(=O)N(c3ccccc3)C(=O)C21. The average molecular weight is 466 g/mol. The molecule has 3 aliphatic heterocycles. The van der Waals surface area contributed by atoms with Gasteiger partial charge in [0.2, 0.25) is 0 Å². The summed E-state index contributed by atoms with van der Waals surface area (Å²) in [5, 5.41) is 3.56. The number of carbonyl (C=O) groups excluding carboxylic acids is 3. The van der Waals surface area contributed by atoms with Gasteiger partial charge in [0.05, 0.1) is 17.3 Å². The Balaban J connectivity index is 1.29. The van der Waals surface area contributed by atoms with Gasteiger partial charge in [-0.25, -0.2) is 9.69 Å². The first-order chi connectivity index (χ1) is 15.9. The number of anilines is 2. The van der Waals surface area contributed by atoms with Gasteiger partial charge in [0.15, 0.2) is 0 Å². The predicted molar refractivity (Wildman–Crippen MR) is 126 cm³/mol. The summed E-state index contributed by atoms with van der Waals surface area (Å²) in [7, 11) is 1.76. The van der Waals surface area contributed by atoms with Crippen molar-refractivity contribution in [1.29, 1.82) is 0 Å². The minimum atomic E-state index is -0.673. The molecule has 33 heavy (non-hydrogen) atoms. The third kappa shape index (κ3) is 3.80. The fourth-order valence-electron chi connectivity index (χ4n) is 4.72. The molecule has 2 fully saturated rings. The summed E-state index contributed by atoms with van der Waals surface area (Å²) in [6.45, 7) is 2.44. The molecule has 0 spiro atoms. The van der Waals surface area contributed by atoms with Gasteiger partial charge in [-0.15, -0.1) is 0 Å². The first-order valence-corrected chi connectivity index (χ1v) is 11.2. The largest absolute Gasteiger partial charge is 0.368 e. The van der Waals surface area contributed by atoms with E-state index in [1.54, 1.807) is 47.3 Å². The molecular weight excluding hydrogens is 442 g/mol. The molecule has 9 heteroatoms. The number of imide groups is 1. The highest BCUT2D eigenvalue weighted by molar-refractivity contribution is 6.30. The molecule has 2 unspecified atom stereocenters. The van der Waals surface area contributed by atoms with Crippen molar-refractivity contribution in [3.63, 3.8) is 0 Å². The number of urea groups is 1. The van der Waals surface area contributed by atoms with Crippen molar-refractivity contribution in [1.82, 2.24) is 15.1 Å². The summed E-state index contributed by atoms with van der Waals surface area (Å²) >= 11 is 6.11. The molecule has 4 amide bonds. The second-order valence-electron chi connectivity index (χ2n) is 8.39. The fraction of sp³-hybridized carbons (Fsp3) is 0.292. The smallest absolute Gasteiger partial charge is 0.329 e. The number of benzene rings is 2. The number of piperazine rings is 1. The predicted octanol–water partition coefficient (Wildman–Crippen LogP) is 2.31. The van der Waals surface area contributed by atoms with Gasteiger partial charge in [-0.2, -0.15) is 0 Å². The molecule has 0 aliphatic carbocycles. The van der Waals surface area contributed by atoms with Crippen LogP contribution >= 0.6 is 11.6 Å². The van der Waals surface area contributed by atoms with E-state index in [4.69, 9.17) is 11.6 Å². The highest BCUT2D eigenvalue weighted by Gasteiger charge is 2.50. The van der Waals surface area contributed by atoms with Crippen LogP contribution < -0.4 is 15.1 Å². The molecule has 0 saturated carbocycles. The van der Waals surface area contributed by atoms with Gasteiger partial charge < -0.3 is 20.0 Å². The topological polar surface area (TPSA) is 76.2 Å². The molecule has 0 aromatic heterocycles. The van der Waals surface area contributed by atoms with E-state index < -0.39 is 18.1 Å². The standard InChI is InChI=1S/C24H24ClN5O3/c1-27-15-19(20-21(27)23(32)30(24(33)26-20)17-7-3-2-4-8-17)22(31)29-12-10-28(11-13-29)18-9-5-6-16(25)14-18/h2-9,14-15,20-21H,10-13H2,1H3,(H,26,33). The Morgan fingerprint density at radius 1 is 0.970 bits per heavy atom. The van der Waals surface area contributed by atoms with Crippen LogP contribution in [0.1, 0.15) is 0 Å². The number of nitrogens with one attached hydrogen (secondary N) is 1. The third-order valence-electron chi connectivity index (χ3n) is 6.39. The van der Waals surface area contributed by atoms with Crippen LogP contribution in [-0.4, -0.2) is 73.0 Å². The number of likely N-dealkylation sites (N-methyl/N-ethyl adjacent to an activating group) is 1. The maximum absolute atomic E-state index is 13.4. The summed E-state index contributed by atoms with van der Waals surface area (Å²) in [6, 6.07) is 14.6. The van der Waals surface area contributed by atoms with Gasteiger partial charge in [0.1, 0.15) is 6.04 Å². The normalized spacial score (nSPS) is 22.8. The average Bonchev–Trinajstić information content (AvgIpc) is 3.15. The summed E-state index contributed by atoms with van der Waals surface area (Å²) in [5.74, 6) is -0.497. The van der Waals surface area contributed by atoms with E-state index in [1.807, 2.05) is 30.3 Å². The number of fused-ring (bicyclic) bond motifs is 1. The van der Waals surface area contributed by atoms with E-state index in [2.05, 4.69) is 10.2 Å². The number of halogens is 1. The van der Waals surface area contributed by atoms with Gasteiger partial charge in [0, 0.05) is 50.1 Å². The molecule has 170 valence electrons. The van der Waals surface area contributed by atoms with Crippen molar-refractivity contribution >= 4 is 40.8 Å². The molecular formula is C24H24ClN5O3. The highest BCUT2D eigenvalue weighted by atomic mass is 35.5. The van der Waals surface area contributed by atoms with Gasteiger partial charge in [-0.1, -0.05) is 35.9 Å². The van der Waals surface area contributed by atoms with E-state index >= 15 is 0 Å². The number of amides is 4. The monoisotopic (exact) mass is 465 g/mol. The van der Waals surface area contributed by atoms with Crippen molar-refractivity contribution in [3.8, 4) is 0 Å². The van der Waals surface area contributed by atoms with Crippen LogP contribution in [0, 0.1) is 0 Å². The Morgan fingerprint density at radius 2 is 1.67 bits per heavy atom. The fourth-order valence-corrected chi connectivity index (χ4v) is 4.91. The summed E-state index contributed by atoms with van der Waals surface area (Å²) in [5.41, 5.74) is 1.97. The lowest BCUT2D eigenvalue weighted by molar-refractivity contribution is -0.127. The van der Waals surface area contributed by atoms with Crippen LogP contribution in [0.5, 0.6) is 0 Å². The van der Waals surface area contributed by atoms with E-state index in [0.717, 1.165) is 10.6 Å². The number of hydrogen-bond acceptors (Lipinski definition) is 5. The zero-order valence-electron chi connectivity index (χ0n) is 18.1. The summed E-state index contributed by atoms with van der Waals surface area (Å²) in [6.07, 6.45) is 1.69. The number of para-hydroxylation sites is 1. The minimum absolute atomic E-state index is 0.152. The Hall–Kier alpha value is -3.52. The molecule has 1 N–H and O–H groups in total. The maximum Gasteiger partial charge on any atom is 0.329 e. The lowest BCUT2D eigenvalue weighted by Crippen LogP contribution is -2.65. The lowest BCUT2D eigenvalue weighted by Gasteiger charge is -2.39. The lowest BCUT2D eigenvalue weighted by atomic mass is 9.98. The molecule has 5 rings (SSSR count). The van der Waals surface area contributed by atoms with Crippen LogP contribution in [0.25, 0.3) is 0 Å². The second kappa shape index (κ2) is 8.44. The van der Waals surface area contributed by atoms with Crippen molar-refractivity contribution < 1.29 is 14.4 Å². The third-order valence-corrected chi connectivity index (χ3v) is 6.62. The molecule has 8 nitrogen and oxygen atoms in total. The van der Waals surface area contributed by atoms with Gasteiger partial charge in [-0.05, 0) is 30.3 Å². The van der Waals surface area contributed by atoms with Crippen LogP contribution in [0.3, 0.4) is 0 Å². The number of carbonyl (C=O) groups is 3. The number of rotatable bonds is 3. The first kappa shape index (κ1) is 21.3. The molecule has 0 radical (unpaired) electrons. The van der Waals surface area contributed by atoms with Crippen molar-refractivity contribution in [3.05, 3.63) is 71.4 Å². The molecule has 2 saturated heterocycles. The minimum Gasteiger partial charge on any atom is -0.368 e. The molecule has 0 bridgehead atoms. The van der Waals surface area contributed by atoms with Crippen LogP contribution in [0.4, 0.5) is 16.2 Å². The van der Waals surface area contributed by atoms with Crippen molar-refractivity contribution in [2.24, 2.45) is 0 Å².